The summed E-state index contributed by atoms with van der Waals surface area (Å²) in [5.41, 5.74) is 8.93. The predicted molar refractivity (Wildman–Crippen MR) is 85.0 cm³/mol. The Morgan fingerprint density at radius 1 is 1.15 bits per heavy atom. The molecule has 0 saturated carbocycles. The van der Waals surface area contributed by atoms with Gasteiger partial charge in [0.1, 0.15) is 5.75 Å². The van der Waals surface area contributed by atoms with E-state index in [9.17, 15) is 0 Å². The van der Waals surface area contributed by atoms with Gasteiger partial charge in [-0.2, -0.15) is 0 Å². The zero-order valence-electron chi connectivity index (χ0n) is 11.3. The summed E-state index contributed by atoms with van der Waals surface area (Å²) >= 11 is 3.46. The van der Waals surface area contributed by atoms with Crippen molar-refractivity contribution < 1.29 is 4.74 Å². The highest BCUT2D eigenvalue weighted by atomic mass is 79.9. The lowest BCUT2D eigenvalue weighted by Crippen LogP contribution is -2.39. The van der Waals surface area contributed by atoms with Crippen LogP contribution in [0.25, 0.3) is 0 Å². The predicted octanol–water partition coefficient (Wildman–Crippen LogP) is 3.57. The molecule has 104 valence electrons. The van der Waals surface area contributed by atoms with Gasteiger partial charge in [0.2, 0.25) is 0 Å². The average Bonchev–Trinajstić information content (AvgIpc) is 2.49. The maximum absolute atomic E-state index is 6.38. The molecule has 20 heavy (non-hydrogen) atoms. The number of para-hydroxylation sites is 1. The smallest absolute Gasteiger partial charge is 0.122 e. The Morgan fingerprint density at radius 2 is 1.90 bits per heavy atom. The molecular weight excluding hydrogens is 314 g/mol. The van der Waals surface area contributed by atoms with Gasteiger partial charge in [-0.3, -0.25) is 0 Å². The maximum atomic E-state index is 6.38. The van der Waals surface area contributed by atoms with Crippen LogP contribution in [0.15, 0.2) is 53.0 Å². The molecule has 3 heteroatoms. The maximum Gasteiger partial charge on any atom is 0.122 e. The largest absolute Gasteiger partial charge is 0.493 e. The van der Waals surface area contributed by atoms with Crippen molar-refractivity contribution in [2.75, 3.05) is 6.61 Å². The molecule has 0 aliphatic carbocycles. The zero-order valence-corrected chi connectivity index (χ0v) is 12.8. The number of hydrogen-bond acceptors (Lipinski definition) is 2. The van der Waals surface area contributed by atoms with Gasteiger partial charge in [-0.1, -0.05) is 46.3 Å². The first-order chi connectivity index (χ1) is 9.72. The number of halogens is 1. The number of ether oxygens (including phenoxy) is 1. The Bertz CT molecular complexity index is 582. The molecule has 0 bridgehead atoms. The second-order valence-corrected chi connectivity index (χ2v) is 6.29. The van der Waals surface area contributed by atoms with Crippen molar-refractivity contribution in [3.8, 4) is 5.75 Å². The summed E-state index contributed by atoms with van der Waals surface area (Å²) in [6.07, 6.45) is 1.90. The third kappa shape index (κ3) is 3.05. The quantitative estimate of drug-likeness (QED) is 0.933. The molecule has 0 aromatic heterocycles. The van der Waals surface area contributed by atoms with Gasteiger partial charge in [0, 0.05) is 16.4 Å². The van der Waals surface area contributed by atoms with Gasteiger partial charge in [-0.25, -0.2) is 0 Å². The van der Waals surface area contributed by atoms with E-state index in [1.807, 2.05) is 12.1 Å². The summed E-state index contributed by atoms with van der Waals surface area (Å²) in [4.78, 5) is 0. The van der Waals surface area contributed by atoms with Crippen molar-refractivity contribution >= 4 is 15.9 Å². The highest BCUT2D eigenvalue weighted by Crippen LogP contribution is 2.28. The van der Waals surface area contributed by atoms with Crippen LogP contribution in [0.4, 0.5) is 0 Å². The first-order valence-corrected chi connectivity index (χ1v) is 7.72. The van der Waals surface area contributed by atoms with Gasteiger partial charge in [0.15, 0.2) is 0 Å². The van der Waals surface area contributed by atoms with E-state index in [4.69, 9.17) is 10.5 Å². The van der Waals surface area contributed by atoms with Crippen LogP contribution < -0.4 is 10.5 Å². The minimum absolute atomic E-state index is 0.129. The highest BCUT2D eigenvalue weighted by Gasteiger charge is 2.25. The first kappa shape index (κ1) is 13.7. The number of rotatable bonds is 3. The fraction of sp³-hybridized carbons (Fsp3) is 0.294. The summed E-state index contributed by atoms with van der Waals surface area (Å²) in [5.74, 6) is 1.40. The minimum Gasteiger partial charge on any atom is -0.493 e. The average molecular weight is 332 g/mol. The Balaban J connectivity index is 1.67. The second kappa shape index (κ2) is 5.98. The number of benzene rings is 2. The Morgan fingerprint density at radius 3 is 2.70 bits per heavy atom. The van der Waals surface area contributed by atoms with E-state index in [1.54, 1.807) is 0 Å². The van der Waals surface area contributed by atoms with Crippen LogP contribution in [0.1, 0.15) is 11.1 Å². The van der Waals surface area contributed by atoms with Crippen molar-refractivity contribution in [2.45, 2.75) is 18.9 Å². The van der Waals surface area contributed by atoms with Crippen LogP contribution in [-0.2, 0) is 12.8 Å². The molecule has 0 radical (unpaired) electrons. The lowest BCUT2D eigenvalue weighted by Gasteiger charge is -2.29. The van der Waals surface area contributed by atoms with Gasteiger partial charge in [-0.15, -0.1) is 0 Å². The molecule has 2 aromatic rings. The summed E-state index contributed by atoms with van der Waals surface area (Å²) in [5, 5.41) is 0. The molecule has 2 aromatic carbocycles. The zero-order chi connectivity index (χ0) is 13.9. The molecule has 0 amide bonds. The first-order valence-electron chi connectivity index (χ1n) is 6.93. The van der Waals surface area contributed by atoms with E-state index in [-0.39, 0.29) is 6.04 Å². The fourth-order valence-corrected chi connectivity index (χ4v) is 2.95. The van der Waals surface area contributed by atoms with Gasteiger partial charge in [-0.05, 0) is 42.2 Å². The lowest BCUT2D eigenvalue weighted by atomic mass is 9.87. The lowest BCUT2D eigenvalue weighted by molar-refractivity contribution is 0.199. The molecule has 0 spiro atoms. The van der Waals surface area contributed by atoms with Crippen LogP contribution >= 0.6 is 15.9 Å². The SMILES string of the molecule is NC(Cc1ccc(Br)cc1)C1COc2ccccc2C1. The molecule has 2 nitrogen and oxygen atoms in total. The Kier molecular flexibility index (Phi) is 4.08. The van der Waals surface area contributed by atoms with Crippen molar-refractivity contribution in [3.05, 3.63) is 64.1 Å². The topological polar surface area (TPSA) is 35.2 Å². The third-order valence-electron chi connectivity index (χ3n) is 3.90. The summed E-state index contributed by atoms with van der Waals surface area (Å²) in [6.45, 7) is 0.717. The monoisotopic (exact) mass is 331 g/mol. The molecule has 2 unspecified atom stereocenters. The fourth-order valence-electron chi connectivity index (χ4n) is 2.69. The van der Waals surface area contributed by atoms with Crippen LogP contribution in [0, 0.1) is 5.92 Å². The molecule has 2 N–H and O–H groups in total. The van der Waals surface area contributed by atoms with Crippen LogP contribution in [0.3, 0.4) is 0 Å². The van der Waals surface area contributed by atoms with E-state index in [1.165, 1.54) is 11.1 Å². The molecular formula is C17H18BrNO. The molecule has 0 saturated heterocycles. The third-order valence-corrected chi connectivity index (χ3v) is 4.43. The van der Waals surface area contributed by atoms with E-state index in [2.05, 4.69) is 52.3 Å². The van der Waals surface area contributed by atoms with Crippen LogP contribution in [0.5, 0.6) is 5.75 Å². The molecule has 1 aliphatic heterocycles. The van der Waals surface area contributed by atoms with Gasteiger partial charge in [0.25, 0.3) is 0 Å². The molecule has 1 aliphatic rings. The molecule has 3 rings (SSSR count). The van der Waals surface area contributed by atoms with Crippen LogP contribution in [0.2, 0.25) is 0 Å². The van der Waals surface area contributed by atoms with E-state index in [0.717, 1.165) is 23.1 Å². The molecule has 2 atom stereocenters. The molecule has 0 fully saturated rings. The summed E-state index contributed by atoms with van der Waals surface area (Å²) in [7, 11) is 0. The second-order valence-electron chi connectivity index (χ2n) is 5.38. The summed E-state index contributed by atoms with van der Waals surface area (Å²) in [6, 6.07) is 16.8. The van der Waals surface area contributed by atoms with E-state index in [0.29, 0.717) is 12.5 Å². The number of fused-ring (bicyclic) bond motifs is 1. The van der Waals surface area contributed by atoms with E-state index >= 15 is 0 Å². The summed E-state index contributed by atoms with van der Waals surface area (Å²) < 4.78 is 6.93. The standard InChI is InChI=1S/C17H18BrNO/c18-15-7-5-12(6-8-15)9-16(19)14-10-13-3-1-2-4-17(13)20-11-14/h1-8,14,16H,9-11,19H2. The minimum atomic E-state index is 0.129. The Hall–Kier alpha value is -1.32. The van der Waals surface area contributed by atoms with E-state index < -0.39 is 0 Å². The number of nitrogens with two attached hydrogens (primary N) is 1. The molecule has 1 heterocycles. The van der Waals surface area contributed by atoms with Crippen LogP contribution in [-0.4, -0.2) is 12.6 Å². The van der Waals surface area contributed by atoms with Crippen molar-refractivity contribution in [1.82, 2.24) is 0 Å². The van der Waals surface area contributed by atoms with Gasteiger partial charge in [0.05, 0.1) is 6.61 Å². The van der Waals surface area contributed by atoms with Gasteiger partial charge < -0.3 is 10.5 Å². The Labute approximate surface area is 128 Å². The van der Waals surface area contributed by atoms with Gasteiger partial charge >= 0.3 is 0 Å². The van der Waals surface area contributed by atoms with Crippen molar-refractivity contribution in [1.29, 1.82) is 0 Å². The number of hydrogen-bond donors (Lipinski definition) is 1. The normalized spacial score (nSPS) is 19.0. The van der Waals surface area contributed by atoms with Crippen molar-refractivity contribution in [3.63, 3.8) is 0 Å². The van der Waals surface area contributed by atoms with Crippen molar-refractivity contribution in [2.24, 2.45) is 11.7 Å². The highest BCUT2D eigenvalue weighted by molar-refractivity contribution is 9.10.